The van der Waals surface area contributed by atoms with Crippen LogP contribution in [0.5, 0.6) is 0 Å². The van der Waals surface area contributed by atoms with Crippen molar-refractivity contribution in [2.24, 2.45) is 5.92 Å². The first-order valence-corrected chi connectivity index (χ1v) is 8.14. The highest BCUT2D eigenvalue weighted by molar-refractivity contribution is 5.94. The molecule has 120 valence electrons. The molecule has 0 N–H and O–H groups in total. The van der Waals surface area contributed by atoms with Gasteiger partial charge in [0.25, 0.3) is 0 Å². The number of benzene rings is 1. The average Bonchev–Trinajstić information content (AvgIpc) is 2.60. The quantitative estimate of drug-likeness (QED) is 0.410. The van der Waals surface area contributed by atoms with E-state index in [1.54, 1.807) is 6.92 Å². The number of Topliss-reactive ketones (excluding diaryl/α,β-unsaturated/α-hetero) is 1. The Balaban J connectivity index is 2.81. The lowest BCUT2D eigenvalue weighted by molar-refractivity contribution is -0.113. The molecule has 0 amide bonds. The van der Waals surface area contributed by atoms with E-state index in [-0.39, 0.29) is 23.5 Å². The molecular formula is C21H28O-2. The standard InChI is InChI=1S/C21H28O/c1-11-9-10-19(17(7)18(8)22)21-16(6)14(4)13(3)15(5)20(21)12(11)2/h11-12,19H,1-2,7,9-10H2,3-6,8H3/q-2. The number of carbonyl (C=O) groups excluding carboxylic acids is 1. The van der Waals surface area contributed by atoms with Crippen LogP contribution in [0.1, 0.15) is 65.0 Å². The Bertz CT molecular complexity index is 636. The largest absolute Gasteiger partial charge is 0.342 e. The van der Waals surface area contributed by atoms with Crippen molar-refractivity contribution in [3.05, 3.63) is 59.4 Å². The lowest BCUT2D eigenvalue weighted by Gasteiger charge is -2.34. The monoisotopic (exact) mass is 296 g/mol. The number of carbonyl (C=O) groups is 1. The van der Waals surface area contributed by atoms with Crippen LogP contribution < -0.4 is 0 Å². The van der Waals surface area contributed by atoms with Gasteiger partial charge in [0, 0.05) is 5.92 Å². The lowest BCUT2D eigenvalue weighted by atomic mass is 9.76. The minimum Gasteiger partial charge on any atom is -0.342 e. The van der Waals surface area contributed by atoms with Gasteiger partial charge in [0.1, 0.15) is 0 Å². The number of hydrogen-bond donors (Lipinski definition) is 0. The van der Waals surface area contributed by atoms with Crippen molar-refractivity contribution in [3.8, 4) is 0 Å². The third-order valence-electron chi connectivity index (χ3n) is 5.77. The van der Waals surface area contributed by atoms with Crippen LogP contribution in [0.4, 0.5) is 0 Å². The van der Waals surface area contributed by atoms with Gasteiger partial charge in [-0.3, -0.25) is 4.79 Å². The van der Waals surface area contributed by atoms with Gasteiger partial charge < -0.3 is 13.8 Å². The summed E-state index contributed by atoms with van der Waals surface area (Å²) in [7, 11) is 0. The number of allylic oxidation sites excluding steroid dienone is 1. The van der Waals surface area contributed by atoms with Crippen LogP contribution in [-0.4, -0.2) is 5.78 Å². The molecule has 0 heterocycles. The Hall–Kier alpha value is -1.37. The topological polar surface area (TPSA) is 17.1 Å². The molecule has 0 saturated carbocycles. The molecule has 3 unspecified atom stereocenters. The Morgan fingerprint density at radius 3 is 1.95 bits per heavy atom. The van der Waals surface area contributed by atoms with Gasteiger partial charge in [-0.2, -0.15) is 11.8 Å². The molecule has 0 radical (unpaired) electrons. The smallest absolute Gasteiger partial charge is 0.155 e. The van der Waals surface area contributed by atoms with Gasteiger partial charge in [0.2, 0.25) is 0 Å². The van der Waals surface area contributed by atoms with Gasteiger partial charge in [-0.1, -0.05) is 18.6 Å². The van der Waals surface area contributed by atoms with Gasteiger partial charge in [-0.05, 0) is 74.4 Å². The van der Waals surface area contributed by atoms with Gasteiger partial charge in [-0.25, -0.2) is 0 Å². The molecule has 1 aromatic carbocycles. The van der Waals surface area contributed by atoms with E-state index in [1.165, 1.54) is 33.4 Å². The van der Waals surface area contributed by atoms with Crippen molar-refractivity contribution < 1.29 is 4.79 Å². The summed E-state index contributed by atoms with van der Waals surface area (Å²) in [6.07, 6.45) is 1.92. The second-order valence-electron chi connectivity index (χ2n) is 6.91. The normalized spacial score (nSPS) is 24.6. The zero-order valence-electron chi connectivity index (χ0n) is 14.7. The SMILES string of the molecule is C=C(C(C)=O)C1CCC([CH2-])C([CH2-])c2c(C)c(C)c(C)c(C)c21. The molecule has 0 aliphatic heterocycles. The highest BCUT2D eigenvalue weighted by Crippen LogP contribution is 2.46. The molecule has 0 fully saturated rings. The average molecular weight is 296 g/mol. The molecule has 0 spiro atoms. The van der Waals surface area contributed by atoms with Crippen molar-refractivity contribution in [3.63, 3.8) is 0 Å². The fraction of sp³-hybridized carbons (Fsp3) is 0.476. The summed E-state index contributed by atoms with van der Waals surface area (Å²) in [5.41, 5.74) is 8.62. The van der Waals surface area contributed by atoms with Crippen molar-refractivity contribution >= 4 is 5.78 Å². The first kappa shape index (κ1) is 17.0. The number of ketones is 1. The molecule has 22 heavy (non-hydrogen) atoms. The Morgan fingerprint density at radius 1 is 0.955 bits per heavy atom. The first-order valence-electron chi connectivity index (χ1n) is 8.14. The molecule has 3 atom stereocenters. The Labute approximate surface area is 135 Å². The van der Waals surface area contributed by atoms with Crippen LogP contribution in [0.3, 0.4) is 0 Å². The van der Waals surface area contributed by atoms with Gasteiger partial charge in [-0.15, -0.1) is 0 Å². The van der Waals surface area contributed by atoms with E-state index in [0.29, 0.717) is 0 Å². The summed E-state index contributed by atoms with van der Waals surface area (Å²) in [4.78, 5) is 11.9. The highest BCUT2D eigenvalue weighted by Gasteiger charge is 2.29. The van der Waals surface area contributed by atoms with Crippen LogP contribution in [-0.2, 0) is 4.79 Å². The molecule has 1 heteroatoms. The van der Waals surface area contributed by atoms with E-state index in [1.807, 2.05) is 0 Å². The molecule has 1 aliphatic rings. The van der Waals surface area contributed by atoms with Crippen LogP contribution in [0.2, 0.25) is 0 Å². The zero-order valence-corrected chi connectivity index (χ0v) is 14.7. The summed E-state index contributed by atoms with van der Waals surface area (Å²) in [5.74, 6) is 0.664. The van der Waals surface area contributed by atoms with E-state index < -0.39 is 0 Å². The molecule has 0 aromatic heterocycles. The van der Waals surface area contributed by atoms with E-state index in [9.17, 15) is 4.79 Å². The minimum atomic E-state index is 0.0920. The summed E-state index contributed by atoms with van der Waals surface area (Å²) in [5, 5.41) is 0. The van der Waals surface area contributed by atoms with Crippen LogP contribution >= 0.6 is 0 Å². The third-order valence-corrected chi connectivity index (χ3v) is 5.77. The van der Waals surface area contributed by atoms with Gasteiger partial charge in [0.15, 0.2) is 5.78 Å². The summed E-state index contributed by atoms with van der Waals surface area (Å²) in [6, 6.07) is 0. The first-order chi connectivity index (χ1) is 10.2. The molecule has 1 nitrogen and oxygen atoms in total. The lowest BCUT2D eigenvalue weighted by Crippen LogP contribution is -2.15. The maximum absolute atomic E-state index is 11.9. The Kier molecular flexibility index (Phi) is 4.65. The Morgan fingerprint density at radius 2 is 1.45 bits per heavy atom. The highest BCUT2D eigenvalue weighted by atomic mass is 16.1. The van der Waals surface area contributed by atoms with E-state index >= 15 is 0 Å². The zero-order chi connectivity index (χ0) is 16.8. The minimum absolute atomic E-state index is 0.0920. The second kappa shape index (κ2) is 6.02. The fourth-order valence-corrected chi connectivity index (χ4v) is 3.85. The van der Waals surface area contributed by atoms with Gasteiger partial charge >= 0.3 is 0 Å². The molecule has 0 bridgehead atoms. The van der Waals surface area contributed by atoms with E-state index in [2.05, 4.69) is 48.1 Å². The molecule has 0 saturated heterocycles. The van der Waals surface area contributed by atoms with Gasteiger partial charge in [0.05, 0.1) is 0 Å². The number of fused-ring (bicyclic) bond motifs is 1. The molecular weight excluding hydrogens is 268 g/mol. The number of hydrogen-bond acceptors (Lipinski definition) is 1. The maximum Gasteiger partial charge on any atom is 0.155 e. The predicted octanol–water partition coefficient (Wildman–Crippen LogP) is 5.31. The predicted molar refractivity (Wildman–Crippen MR) is 94.1 cm³/mol. The fourth-order valence-electron chi connectivity index (χ4n) is 3.85. The summed E-state index contributed by atoms with van der Waals surface area (Å²) >= 11 is 0. The maximum atomic E-state index is 11.9. The molecule has 1 aliphatic carbocycles. The molecule has 2 rings (SSSR count). The summed E-state index contributed by atoms with van der Waals surface area (Å²) < 4.78 is 0. The van der Waals surface area contributed by atoms with Crippen molar-refractivity contribution in [2.45, 2.75) is 59.3 Å². The molecule has 1 aromatic rings. The summed E-state index contributed by atoms with van der Waals surface area (Å²) in [6.45, 7) is 23.2. The van der Waals surface area contributed by atoms with Crippen molar-refractivity contribution in [2.75, 3.05) is 0 Å². The van der Waals surface area contributed by atoms with Crippen LogP contribution in [0.15, 0.2) is 12.2 Å². The number of rotatable bonds is 2. The van der Waals surface area contributed by atoms with E-state index in [4.69, 9.17) is 0 Å². The van der Waals surface area contributed by atoms with Crippen LogP contribution in [0.25, 0.3) is 0 Å². The van der Waals surface area contributed by atoms with Crippen molar-refractivity contribution in [1.82, 2.24) is 0 Å². The second-order valence-corrected chi connectivity index (χ2v) is 6.91. The van der Waals surface area contributed by atoms with E-state index in [0.717, 1.165) is 18.4 Å². The van der Waals surface area contributed by atoms with Crippen LogP contribution in [0, 0.1) is 47.5 Å². The third kappa shape index (κ3) is 2.55. The van der Waals surface area contributed by atoms with Crippen molar-refractivity contribution in [1.29, 1.82) is 0 Å².